The van der Waals surface area contributed by atoms with Crippen molar-refractivity contribution in [1.29, 1.82) is 0 Å². The molecule has 0 radical (unpaired) electrons. The zero-order chi connectivity index (χ0) is 12.3. The molecule has 7 heteroatoms. The Morgan fingerprint density at radius 3 is 2.76 bits per heavy atom. The van der Waals surface area contributed by atoms with E-state index >= 15 is 0 Å². The molecule has 3 N–H and O–H groups in total. The molecule has 2 rings (SSSR count). The third-order valence-electron chi connectivity index (χ3n) is 2.14. The fourth-order valence-electron chi connectivity index (χ4n) is 1.38. The van der Waals surface area contributed by atoms with Crippen LogP contribution < -0.4 is 10.8 Å². The normalized spacial score (nSPS) is 10.0. The molecule has 0 fully saturated rings. The van der Waals surface area contributed by atoms with Crippen molar-refractivity contribution in [1.82, 2.24) is 4.98 Å². The molecule has 1 aromatic carbocycles. The number of aromatic nitrogens is 1. The minimum atomic E-state index is -1.67. The lowest BCUT2D eigenvalue weighted by molar-refractivity contribution is 0.102. The van der Waals surface area contributed by atoms with Gasteiger partial charge in [-0.1, -0.05) is 18.2 Å². The van der Waals surface area contributed by atoms with Gasteiger partial charge in [-0.3, -0.25) is 10.1 Å². The Bertz CT molecular complexity index is 516. The van der Waals surface area contributed by atoms with Crippen molar-refractivity contribution in [2.45, 2.75) is 0 Å². The van der Waals surface area contributed by atoms with Gasteiger partial charge in [-0.25, -0.2) is 4.98 Å². The largest absolute Gasteiger partial charge is 0.489 e. The highest BCUT2D eigenvalue weighted by Crippen LogP contribution is 2.11. The summed E-state index contributed by atoms with van der Waals surface area (Å²) in [6.45, 7) is 0. The van der Waals surface area contributed by atoms with Gasteiger partial charge in [0.25, 0.3) is 5.91 Å². The second kappa shape index (κ2) is 5.09. The lowest BCUT2D eigenvalue weighted by Gasteiger charge is -2.07. The van der Waals surface area contributed by atoms with Gasteiger partial charge >= 0.3 is 7.12 Å². The maximum absolute atomic E-state index is 11.9. The zero-order valence-corrected chi connectivity index (χ0v) is 9.52. The molecular weight excluding hydrogens is 239 g/mol. The Hall–Kier alpha value is -1.70. The second-order valence-corrected chi connectivity index (χ2v) is 4.15. The summed E-state index contributed by atoms with van der Waals surface area (Å²) < 4.78 is 0. The molecule has 17 heavy (non-hydrogen) atoms. The number of anilines is 1. The topological polar surface area (TPSA) is 82.5 Å². The molecule has 0 aliphatic rings. The minimum absolute atomic E-state index is 0.168. The van der Waals surface area contributed by atoms with Crippen LogP contribution in [0.4, 0.5) is 5.13 Å². The van der Waals surface area contributed by atoms with Crippen LogP contribution >= 0.6 is 11.3 Å². The quantitative estimate of drug-likeness (QED) is 0.671. The average molecular weight is 248 g/mol. The first kappa shape index (κ1) is 11.8. The van der Waals surface area contributed by atoms with Gasteiger partial charge in [-0.2, -0.15) is 0 Å². The predicted octanol–water partition coefficient (Wildman–Crippen LogP) is 0.0752. The van der Waals surface area contributed by atoms with E-state index in [2.05, 4.69) is 10.3 Å². The van der Waals surface area contributed by atoms with Crippen molar-refractivity contribution in [3.05, 3.63) is 41.4 Å². The van der Waals surface area contributed by atoms with Gasteiger partial charge in [0.05, 0.1) is 0 Å². The van der Waals surface area contributed by atoms with Gasteiger partial charge in [0.1, 0.15) is 0 Å². The van der Waals surface area contributed by atoms with Crippen LogP contribution in [0.5, 0.6) is 0 Å². The van der Waals surface area contributed by atoms with Crippen molar-refractivity contribution < 1.29 is 14.8 Å². The Labute approximate surface area is 102 Å². The average Bonchev–Trinajstić information content (AvgIpc) is 2.81. The SMILES string of the molecule is O=C(Nc1nccs1)c1ccccc1B(O)O. The summed E-state index contributed by atoms with van der Waals surface area (Å²) in [7, 11) is -1.67. The highest BCUT2D eigenvalue weighted by molar-refractivity contribution is 7.13. The number of carbonyl (C=O) groups excluding carboxylic acids is 1. The Balaban J connectivity index is 2.25. The molecule has 1 aromatic heterocycles. The molecule has 86 valence electrons. The molecule has 1 heterocycles. The number of carbonyl (C=O) groups is 1. The molecule has 0 spiro atoms. The minimum Gasteiger partial charge on any atom is -0.423 e. The molecular formula is C10H9BN2O3S. The molecule has 2 aromatic rings. The van der Waals surface area contributed by atoms with Gasteiger partial charge in [0, 0.05) is 17.1 Å². The summed E-state index contributed by atoms with van der Waals surface area (Å²) in [5.74, 6) is -0.413. The van der Waals surface area contributed by atoms with Crippen LogP contribution in [-0.2, 0) is 0 Å². The van der Waals surface area contributed by atoms with E-state index in [4.69, 9.17) is 10.0 Å². The first-order valence-corrected chi connectivity index (χ1v) is 5.72. The molecule has 0 aliphatic heterocycles. The summed E-state index contributed by atoms with van der Waals surface area (Å²) in [6.07, 6.45) is 1.58. The maximum atomic E-state index is 11.9. The van der Waals surface area contributed by atoms with E-state index < -0.39 is 13.0 Å². The predicted molar refractivity (Wildman–Crippen MR) is 66.3 cm³/mol. The molecule has 5 nitrogen and oxygen atoms in total. The highest BCUT2D eigenvalue weighted by Gasteiger charge is 2.20. The second-order valence-electron chi connectivity index (χ2n) is 3.25. The lowest BCUT2D eigenvalue weighted by atomic mass is 9.77. The van der Waals surface area contributed by atoms with Gasteiger partial charge < -0.3 is 10.0 Å². The molecule has 1 amide bonds. The Morgan fingerprint density at radius 2 is 2.12 bits per heavy atom. The number of hydrogen-bond donors (Lipinski definition) is 3. The van der Waals surface area contributed by atoms with Crippen LogP contribution in [0.3, 0.4) is 0 Å². The van der Waals surface area contributed by atoms with Crippen LogP contribution in [0.1, 0.15) is 10.4 Å². The number of hydrogen-bond acceptors (Lipinski definition) is 5. The van der Waals surface area contributed by atoms with E-state index in [0.717, 1.165) is 0 Å². The maximum Gasteiger partial charge on any atom is 0.489 e. The van der Waals surface area contributed by atoms with E-state index in [1.807, 2.05) is 0 Å². The van der Waals surface area contributed by atoms with Gasteiger partial charge in [-0.15, -0.1) is 11.3 Å². The first-order chi connectivity index (χ1) is 8.18. The lowest BCUT2D eigenvalue weighted by Crippen LogP contribution is -2.36. The van der Waals surface area contributed by atoms with Gasteiger partial charge in [0.2, 0.25) is 0 Å². The molecule has 0 atom stereocenters. The van der Waals surface area contributed by atoms with E-state index in [9.17, 15) is 4.79 Å². The summed E-state index contributed by atoms with van der Waals surface area (Å²) in [6, 6.07) is 6.30. The van der Waals surface area contributed by atoms with Crippen LogP contribution in [0, 0.1) is 0 Å². The monoisotopic (exact) mass is 248 g/mol. The van der Waals surface area contributed by atoms with Crippen molar-refractivity contribution >= 4 is 35.0 Å². The van der Waals surface area contributed by atoms with E-state index in [1.54, 1.807) is 23.7 Å². The van der Waals surface area contributed by atoms with E-state index in [1.165, 1.54) is 23.5 Å². The number of benzene rings is 1. The highest BCUT2D eigenvalue weighted by atomic mass is 32.1. The van der Waals surface area contributed by atoms with Crippen LogP contribution in [0.25, 0.3) is 0 Å². The Kier molecular flexibility index (Phi) is 3.53. The van der Waals surface area contributed by atoms with Crippen LogP contribution in [0.15, 0.2) is 35.8 Å². The van der Waals surface area contributed by atoms with Crippen molar-refractivity contribution in [3.8, 4) is 0 Å². The van der Waals surface area contributed by atoms with Gasteiger partial charge in [0.15, 0.2) is 5.13 Å². The summed E-state index contributed by atoms with van der Waals surface area (Å²) in [5.41, 5.74) is 0.388. The number of nitrogens with one attached hydrogen (secondary N) is 1. The molecule has 0 bridgehead atoms. The molecule has 0 saturated carbocycles. The molecule has 0 aliphatic carbocycles. The van der Waals surface area contributed by atoms with Crippen LogP contribution in [0.2, 0.25) is 0 Å². The summed E-state index contributed by atoms with van der Waals surface area (Å²) in [4.78, 5) is 15.8. The standard InChI is InChI=1S/C10H9BN2O3S/c14-9(13-10-12-5-6-17-10)7-3-1-2-4-8(7)11(15)16/h1-6,15-16H,(H,12,13,14). The molecule has 0 unspecified atom stereocenters. The number of rotatable bonds is 3. The number of amides is 1. The smallest absolute Gasteiger partial charge is 0.423 e. The van der Waals surface area contributed by atoms with Gasteiger partial charge in [-0.05, 0) is 11.5 Å². The van der Waals surface area contributed by atoms with Crippen molar-refractivity contribution in [2.24, 2.45) is 0 Å². The number of nitrogens with zero attached hydrogens (tertiary/aromatic N) is 1. The fraction of sp³-hybridized carbons (Fsp3) is 0. The summed E-state index contributed by atoms with van der Waals surface area (Å²) >= 11 is 1.29. The summed E-state index contributed by atoms with van der Waals surface area (Å²) in [5, 5.41) is 23.1. The third kappa shape index (κ3) is 2.70. The van der Waals surface area contributed by atoms with E-state index in [0.29, 0.717) is 5.13 Å². The van der Waals surface area contributed by atoms with Crippen LogP contribution in [-0.4, -0.2) is 28.1 Å². The Morgan fingerprint density at radius 1 is 1.35 bits per heavy atom. The van der Waals surface area contributed by atoms with Crippen molar-refractivity contribution in [3.63, 3.8) is 0 Å². The van der Waals surface area contributed by atoms with E-state index in [-0.39, 0.29) is 11.0 Å². The fourth-order valence-corrected chi connectivity index (χ4v) is 1.90. The zero-order valence-electron chi connectivity index (χ0n) is 8.70. The third-order valence-corrected chi connectivity index (χ3v) is 2.82. The van der Waals surface area contributed by atoms with Crippen molar-refractivity contribution in [2.75, 3.05) is 5.32 Å². The molecule has 0 saturated heterocycles. The first-order valence-electron chi connectivity index (χ1n) is 4.84. The number of thiazole rings is 1.